The van der Waals surface area contributed by atoms with E-state index in [1.165, 1.54) is 257 Å². The Morgan fingerprint density at radius 1 is 0.250 bits per heavy atom. The zero-order valence-corrected chi connectivity index (χ0v) is 53.6. The fraction of sp³-hybridized carbons (Fsp3) is 0.824. The van der Waals surface area contributed by atoms with Crippen LogP contribution in [0.5, 0.6) is 0 Å². The maximum Gasteiger partial charge on any atom is 0.306 e. The molecular formula is C74H134O6. The number of carbonyl (C=O) groups is 3. The lowest BCUT2D eigenvalue weighted by atomic mass is 10.0. The van der Waals surface area contributed by atoms with E-state index < -0.39 is 6.10 Å². The van der Waals surface area contributed by atoms with Gasteiger partial charge in [0.2, 0.25) is 0 Å². The summed E-state index contributed by atoms with van der Waals surface area (Å²) in [7, 11) is 0. The molecular weight excluding hydrogens is 985 g/mol. The SMILES string of the molecule is CCCCCCC/C=C\C/C=C\C/C=C\CCCCCCCCCCCCC(=O)OCC(COC(=O)CCCCCCCCCCCCCCCCCC)OC(=O)CCCCCCCCCCC/C=C\C/C=C\CCCCCCC. The maximum atomic E-state index is 13.0. The van der Waals surface area contributed by atoms with Gasteiger partial charge in [0.1, 0.15) is 13.2 Å². The summed E-state index contributed by atoms with van der Waals surface area (Å²) in [5.41, 5.74) is 0. The number of carbonyl (C=O) groups excluding carboxylic acids is 3. The van der Waals surface area contributed by atoms with Crippen molar-refractivity contribution in [2.45, 2.75) is 380 Å². The molecule has 0 aliphatic heterocycles. The molecule has 0 heterocycles. The fourth-order valence-electron chi connectivity index (χ4n) is 10.4. The minimum atomic E-state index is -0.778. The highest BCUT2D eigenvalue weighted by molar-refractivity contribution is 5.71. The molecule has 1 unspecified atom stereocenters. The third-order valence-corrected chi connectivity index (χ3v) is 15.7. The van der Waals surface area contributed by atoms with Crippen molar-refractivity contribution in [1.29, 1.82) is 0 Å². The molecule has 0 saturated carbocycles. The number of ether oxygens (including phenoxy) is 3. The largest absolute Gasteiger partial charge is 0.462 e. The molecule has 0 spiro atoms. The quantitative estimate of drug-likeness (QED) is 0.0261. The molecule has 6 heteroatoms. The predicted molar refractivity (Wildman–Crippen MR) is 348 cm³/mol. The zero-order valence-electron chi connectivity index (χ0n) is 53.6. The van der Waals surface area contributed by atoms with Crippen LogP contribution >= 0.6 is 0 Å². The average molecular weight is 1120 g/mol. The molecule has 0 fully saturated rings. The molecule has 0 N–H and O–H groups in total. The molecule has 1 atom stereocenters. The smallest absolute Gasteiger partial charge is 0.306 e. The van der Waals surface area contributed by atoms with E-state index in [4.69, 9.17) is 14.2 Å². The first-order valence-corrected chi connectivity index (χ1v) is 35.3. The normalized spacial score (nSPS) is 12.4. The summed E-state index contributed by atoms with van der Waals surface area (Å²) in [6.45, 7) is 6.67. The van der Waals surface area contributed by atoms with Gasteiger partial charge in [-0.25, -0.2) is 0 Å². The van der Waals surface area contributed by atoms with Gasteiger partial charge in [-0.15, -0.1) is 0 Å². The fourth-order valence-corrected chi connectivity index (χ4v) is 10.4. The van der Waals surface area contributed by atoms with Crippen molar-refractivity contribution in [3.8, 4) is 0 Å². The van der Waals surface area contributed by atoms with Crippen LogP contribution in [0.2, 0.25) is 0 Å². The standard InChI is InChI=1S/C74H134O6/c1-4-7-10-13-16-19-22-25-28-31-33-35-36-37-38-40-41-43-46-49-52-55-58-61-64-67-73(76)79-70-71(69-78-72(75)66-63-60-57-54-51-48-45-30-27-24-21-18-15-12-9-6-3)80-74(77)68-65-62-59-56-53-50-47-44-42-39-34-32-29-26-23-20-17-14-11-8-5-2/h22-23,25-26,31-34,36-37,71H,4-21,24,27-30,35,38-70H2,1-3H3/b25-22-,26-23-,33-31-,34-32-,37-36-. The van der Waals surface area contributed by atoms with Crippen molar-refractivity contribution in [3.05, 3.63) is 60.8 Å². The van der Waals surface area contributed by atoms with Crippen LogP contribution in [-0.2, 0) is 28.6 Å². The Kier molecular flexibility index (Phi) is 66.1. The van der Waals surface area contributed by atoms with E-state index in [9.17, 15) is 14.4 Å². The number of rotatable bonds is 65. The van der Waals surface area contributed by atoms with Crippen LogP contribution in [0.3, 0.4) is 0 Å². The second-order valence-corrected chi connectivity index (χ2v) is 23.8. The molecule has 0 bridgehead atoms. The van der Waals surface area contributed by atoms with Gasteiger partial charge >= 0.3 is 17.9 Å². The Morgan fingerprint density at radius 2 is 0.450 bits per heavy atom. The van der Waals surface area contributed by atoms with Gasteiger partial charge in [-0.2, -0.15) is 0 Å². The number of esters is 3. The summed E-state index contributed by atoms with van der Waals surface area (Å²) < 4.78 is 17.0. The number of hydrogen-bond donors (Lipinski definition) is 0. The number of allylic oxidation sites excluding steroid dienone is 10. The second kappa shape index (κ2) is 68.6. The summed E-state index contributed by atoms with van der Waals surface area (Å²) >= 11 is 0. The highest BCUT2D eigenvalue weighted by Gasteiger charge is 2.19. The van der Waals surface area contributed by atoms with E-state index in [0.717, 1.165) is 77.0 Å². The molecule has 0 aliphatic carbocycles. The van der Waals surface area contributed by atoms with Crippen LogP contribution in [0.1, 0.15) is 374 Å². The molecule has 80 heavy (non-hydrogen) atoms. The van der Waals surface area contributed by atoms with Gasteiger partial charge in [0, 0.05) is 19.3 Å². The van der Waals surface area contributed by atoms with Crippen molar-refractivity contribution < 1.29 is 28.6 Å². The lowest BCUT2D eigenvalue weighted by molar-refractivity contribution is -0.167. The van der Waals surface area contributed by atoms with Gasteiger partial charge in [-0.1, -0.05) is 326 Å². The Balaban J connectivity index is 4.33. The van der Waals surface area contributed by atoms with E-state index in [1.54, 1.807) is 0 Å². The topological polar surface area (TPSA) is 78.9 Å². The lowest BCUT2D eigenvalue weighted by Crippen LogP contribution is -2.30. The van der Waals surface area contributed by atoms with Crippen LogP contribution in [0.4, 0.5) is 0 Å². The first-order valence-electron chi connectivity index (χ1n) is 35.3. The van der Waals surface area contributed by atoms with Crippen molar-refractivity contribution in [2.24, 2.45) is 0 Å². The number of hydrogen-bond acceptors (Lipinski definition) is 6. The first kappa shape index (κ1) is 77.1. The van der Waals surface area contributed by atoms with Gasteiger partial charge in [-0.05, 0) is 89.9 Å². The van der Waals surface area contributed by atoms with Crippen molar-refractivity contribution in [1.82, 2.24) is 0 Å². The predicted octanol–water partition coefficient (Wildman–Crippen LogP) is 24.3. The van der Waals surface area contributed by atoms with Gasteiger partial charge in [0.15, 0.2) is 6.10 Å². The van der Waals surface area contributed by atoms with Crippen molar-refractivity contribution >= 4 is 17.9 Å². The summed E-state index contributed by atoms with van der Waals surface area (Å²) in [6.07, 6.45) is 88.0. The second-order valence-electron chi connectivity index (χ2n) is 23.8. The van der Waals surface area contributed by atoms with Gasteiger partial charge in [0.25, 0.3) is 0 Å². The third kappa shape index (κ3) is 65.9. The molecule has 0 aromatic rings. The minimum absolute atomic E-state index is 0.0731. The van der Waals surface area contributed by atoms with Crippen LogP contribution in [0.15, 0.2) is 60.8 Å². The van der Waals surface area contributed by atoms with Crippen LogP contribution in [-0.4, -0.2) is 37.2 Å². The van der Waals surface area contributed by atoms with E-state index in [2.05, 4.69) is 81.5 Å². The van der Waals surface area contributed by atoms with Crippen LogP contribution in [0.25, 0.3) is 0 Å². The third-order valence-electron chi connectivity index (χ3n) is 15.7. The Hall–Kier alpha value is -2.89. The van der Waals surface area contributed by atoms with E-state index in [0.29, 0.717) is 19.3 Å². The lowest BCUT2D eigenvalue weighted by Gasteiger charge is -2.18. The molecule has 0 saturated heterocycles. The Morgan fingerprint density at radius 3 is 0.700 bits per heavy atom. The average Bonchev–Trinajstić information content (AvgIpc) is 3.46. The molecule has 0 radical (unpaired) electrons. The van der Waals surface area contributed by atoms with Crippen LogP contribution < -0.4 is 0 Å². The molecule has 6 nitrogen and oxygen atoms in total. The summed E-state index contributed by atoms with van der Waals surface area (Å²) in [5, 5.41) is 0. The minimum Gasteiger partial charge on any atom is -0.462 e. The first-order chi connectivity index (χ1) is 39.5. The molecule has 0 aliphatic rings. The van der Waals surface area contributed by atoms with Gasteiger partial charge in [0.05, 0.1) is 0 Å². The van der Waals surface area contributed by atoms with E-state index in [1.807, 2.05) is 0 Å². The Labute approximate surface area is 498 Å². The highest BCUT2D eigenvalue weighted by Crippen LogP contribution is 2.18. The highest BCUT2D eigenvalue weighted by atomic mass is 16.6. The monoisotopic (exact) mass is 1120 g/mol. The Bertz CT molecular complexity index is 1430. The van der Waals surface area contributed by atoms with Gasteiger partial charge in [-0.3, -0.25) is 14.4 Å². The van der Waals surface area contributed by atoms with Crippen LogP contribution in [0, 0.1) is 0 Å². The summed E-state index contributed by atoms with van der Waals surface area (Å²) in [5.74, 6) is -0.857. The van der Waals surface area contributed by atoms with Gasteiger partial charge < -0.3 is 14.2 Å². The molecule has 0 aromatic carbocycles. The van der Waals surface area contributed by atoms with Crippen molar-refractivity contribution in [3.63, 3.8) is 0 Å². The maximum absolute atomic E-state index is 13.0. The summed E-state index contributed by atoms with van der Waals surface area (Å²) in [6, 6.07) is 0. The van der Waals surface area contributed by atoms with E-state index >= 15 is 0 Å². The zero-order chi connectivity index (χ0) is 57.8. The molecule has 0 aromatic heterocycles. The van der Waals surface area contributed by atoms with Crippen molar-refractivity contribution in [2.75, 3.05) is 13.2 Å². The summed E-state index contributed by atoms with van der Waals surface area (Å²) in [4.78, 5) is 38.5. The molecule has 0 rings (SSSR count). The van der Waals surface area contributed by atoms with E-state index in [-0.39, 0.29) is 31.1 Å². The molecule has 0 amide bonds. The number of unbranched alkanes of at least 4 members (excludes halogenated alkanes) is 44. The molecule has 466 valence electrons.